The highest BCUT2D eigenvalue weighted by Gasteiger charge is 2.13. The van der Waals surface area contributed by atoms with Gasteiger partial charge in [-0.3, -0.25) is 0 Å². The number of aromatic nitrogens is 2. The minimum absolute atomic E-state index is 0.140. The quantitative estimate of drug-likeness (QED) is 0.507. The second kappa shape index (κ2) is 6.28. The lowest BCUT2D eigenvalue weighted by molar-refractivity contribution is 0.431. The maximum absolute atomic E-state index is 13.3. The molecular formula is C20H12F2N2O. The molecule has 3 nitrogen and oxygen atoms in total. The number of hydrogen-bond acceptors (Lipinski definition) is 3. The summed E-state index contributed by atoms with van der Waals surface area (Å²) in [6, 6.07) is 21.2. The SMILES string of the molecule is Fc1ccc(-c2nc(-c3ccc(-c4ccccc4)cc3)no2)cc1F. The van der Waals surface area contributed by atoms with Crippen molar-refractivity contribution in [3.05, 3.63) is 84.4 Å². The Hall–Kier alpha value is -3.34. The average molecular weight is 334 g/mol. The van der Waals surface area contributed by atoms with Gasteiger partial charge in [0.1, 0.15) is 0 Å². The van der Waals surface area contributed by atoms with Gasteiger partial charge in [0.05, 0.1) is 0 Å². The summed E-state index contributed by atoms with van der Waals surface area (Å²) in [5, 5.41) is 3.92. The number of rotatable bonds is 3. The summed E-state index contributed by atoms with van der Waals surface area (Å²) in [5.41, 5.74) is 3.30. The third kappa shape index (κ3) is 3.04. The van der Waals surface area contributed by atoms with E-state index < -0.39 is 11.6 Å². The molecule has 4 aromatic rings. The fourth-order valence-corrected chi connectivity index (χ4v) is 2.53. The molecule has 0 saturated heterocycles. The standard InChI is InChI=1S/C20H12F2N2O/c21-17-11-10-16(12-18(17)22)20-23-19(24-25-20)15-8-6-14(7-9-15)13-4-2-1-3-5-13/h1-12H. The van der Waals surface area contributed by atoms with E-state index >= 15 is 0 Å². The molecule has 0 fully saturated rings. The molecule has 0 bridgehead atoms. The van der Waals surface area contributed by atoms with Crippen LogP contribution in [0, 0.1) is 11.6 Å². The molecular weight excluding hydrogens is 322 g/mol. The first kappa shape index (κ1) is 15.2. The Bertz CT molecular complexity index is 1010. The molecule has 0 amide bonds. The van der Waals surface area contributed by atoms with Crippen molar-refractivity contribution in [3.63, 3.8) is 0 Å². The van der Waals surface area contributed by atoms with Crippen molar-refractivity contribution in [2.24, 2.45) is 0 Å². The third-order valence-corrected chi connectivity index (χ3v) is 3.84. The molecule has 0 saturated carbocycles. The monoisotopic (exact) mass is 334 g/mol. The van der Waals surface area contributed by atoms with E-state index in [1.54, 1.807) is 0 Å². The summed E-state index contributed by atoms with van der Waals surface area (Å²) in [6.45, 7) is 0. The first-order valence-electron chi connectivity index (χ1n) is 7.66. The fourth-order valence-electron chi connectivity index (χ4n) is 2.53. The number of benzene rings is 3. The molecule has 1 aromatic heterocycles. The van der Waals surface area contributed by atoms with E-state index in [1.807, 2.05) is 54.6 Å². The Labute approximate surface area is 142 Å². The number of hydrogen-bond donors (Lipinski definition) is 0. The van der Waals surface area contributed by atoms with Crippen LogP contribution in [-0.4, -0.2) is 10.1 Å². The van der Waals surface area contributed by atoms with Crippen LogP contribution in [0.2, 0.25) is 0 Å². The smallest absolute Gasteiger partial charge is 0.258 e. The van der Waals surface area contributed by atoms with E-state index in [0.29, 0.717) is 11.4 Å². The Kier molecular flexibility index (Phi) is 3.82. The van der Waals surface area contributed by atoms with Crippen molar-refractivity contribution < 1.29 is 13.3 Å². The predicted molar refractivity (Wildman–Crippen MR) is 90.5 cm³/mol. The lowest BCUT2D eigenvalue weighted by Crippen LogP contribution is -1.86. The molecule has 0 atom stereocenters. The van der Waals surface area contributed by atoms with Crippen molar-refractivity contribution in [1.82, 2.24) is 10.1 Å². The van der Waals surface area contributed by atoms with Crippen molar-refractivity contribution in [2.75, 3.05) is 0 Å². The van der Waals surface area contributed by atoms with Crippen LogP contribution in [0.1, 0.15) is 0 Å². The lowest BCUT2D eigenvalue weighted by atomic mass is 10.0. The summed E-state index contributed by atoms with van der Waals surface area (Å²) in [5.74, 6) is -1.34. The molecule has 3 aromatic carbocycles. The van der Waals surface area contributed by atoms with Crippen LogP contribution in [0.15, 0.2) is 77.3 Å². The van der Waals surface area contributed by atoms with E-state index in [0.717, 1.165) is 28.8 Å². The van der Waals surface area contributed by atoms with Gasteiger partial charge < -0.3 is 4.52 Å². The van der Waals surface area contributed by atoms with Crippen LogP contribution in [0.3, 0.4) is 0 Å². The molecule has 0 aliphatic carbocycles. The van der Waals surface area contributed by atoms with Gasteiger partial charge in [0.15, 0.2) is 11.6 Å². The largest absolute Gasteiger partial charge is 0.334 e. The Morgan fingerprint density at radius 2 is 1.28 bits per heavy atom. The van der Waals surface area contributed by atoms with Gasteiger partial charge in [-0.2, -0.15) is 4.98 Å². The summed E-state index contributed by atoms with van der Waals surface area (Å²) in [7, 11) is 0. The molecule has 0 radical (unpaired) electrons. The van der Waals surface area contributed by atoms with Gasteiger partial charge in [-0.05, 0) is 29.3 Å². The molecule has 0 aliphatic rings. The van der Waals surface area contributed by atoms with Gasteiger partial charge in [0, 0.05) is 11.1 Å². The fraction of sp³-hybridized carbons (Fsp3) is 0. The van der Waals surface area contributed by atoms with E-state index in [2.05, 4.69) is 10.1 Å². The van der Waals surface area contributed by atoms with Crippen molar-refractivity contribution in [2.45, 2.75) is 0 Å². The van der Waals surface area contributed by atoms with Crippen LogP contribution in [-0.2, 0) is 0 Å². The number of nitrogens with zero attached hydrogens (tertiary/aromatic N) is 2. The molecule has 5 heteroatoms. The van der Waals surface area contributed by atoms with E-state index in [1.165, 1.54) is 6.07 Å². The topological polar surface area (TPSA) is 38.9 Å². The minimum atomic E-state index is -0.954. The zero-order valence-corrected chi connectivity index (χ0v) is 13.0. The maximum Gasteiger partial charge on any atom is 0.258 e. The zero-order chi connectivity index (χ0) is 17.2. The summed E-state index contributed by atoms with van der Waals surface area (Å²) in [4.78, 5) is 4.26. The summed E-state index contributed by atoms with van der Waals surface area (Å²) < 4.78 is 31.5. The van der Waals surface area contributed by atoms with E-state index in [4.69, 9.17) is 4.52 Å². The Morgan fingerprint density at radius 3 is 2.00 bits per heavy atom. The van der Waals surface area contributed by atoms with Crippen molar-refractivity contribution in [3.8, 4) is 34.0 Å². The van der Waals surface area contributed by atoms with Crippen LogP contribution in [0.25, 0.3) is 34.0 Å². The summed E-state index contributed by atoms with van der Waals surface area (Å²) >= 11 is 0. The zero-order valence-electron chi connectivity index (χ0n) is 13.0. The minimum Gasteiger partial charge on any atom is -0.334 e. The van der Waals surface area contributed by atoms with Crippen LogP contribution >= 0.6 is 0 Å². The third-order valence-electron chi connectivity index (χ3n) is 3.84. The number of halogens is 2. The van der Waals surface area contributed by atoms with E-state index in [-0.39, 0.29) is 5.89 Å². The van der Waals surface area contributed by atoms with Gasteiger partial charge in [-0.1, -0.05) is 59.8 Å². The molecule has 25 heavy (non-hydrogen) atoms. The molecule has 0 aliphatic heterocycles. The molecule has 1 heterocycles. The van der Waals surface area contributed by atoms with E-state index in [9.17, 15) is 8.78 Å². The first-order valence-corrected chi connectivity index (χ1v) is 7.66. The molecule has 4 rings (SSSR count). The average Bonchev–Trinajstić information content (AvgIpc) is 3.15. The highest BCUT2D eigenvalue weighted by Crippen LogP contribution is 2.26. The Balaban J connectivity index is 1.63. The normalized spacial score (nSPS) is 10.8. The Morgan fingerprint density at radius 1 is 0.640 bits per heavy atom. The highest BCUT2D eigenvalue weighted by atomic mass is 19.2. The van der Waals surface area contributed by atoms with Crippen LogP contribution < -0.4 is 0 Å². The second-order valence-electron chi connectivity index (χ2n) is 5.50. The van der Waals surface area contributed by atoms with Gasteiger partial charge in [-0.15, -0.1) is 0 Å². The molecule has 0 unspecified atom stereocenters. The predicted octanol–water partition coefficient (Wildman–Crippen LogP) is 5.35. The van der Waals surface area contributed by atoms with Gasteiger partial charge in [-0.25, -0.2) is 8.78 Å². The van der Waals surface area contributed by atoms with Crippen molar-refractivity contribution in [1.29, 1.82) is 0 Å². The molecule has 0 N–H and O–H groups in total. The van der Waals surface area contributed by atoms with Gasteiger partial charge in [0.25, 0.3) is 5.89 Å². The van der Waals surface area contributed by atoms with Gasteiger partial charge >= 0.3 is 0 Å². The second-order valence-corrected chi connectivity index (χ2v) is 5.50. The van der Waals surface area contributed by atoms with Crippen LogP contribution in [0.4, 0.5) is 8.78 Å². The van der Waals surface area contributed by atoms with Gasteiger partial charge in [0.2, 0.25) is 5.82 Å². The highest BCUT2D eigenvalue weighted by molar-refractivity contribution is 5.68. The lowest BCUT2D eigenvalue weighted by Gasteiger charge is -2.01. The maximum atomic E-state index is 13.3. The molecule has 0 spiro atoms. The molecule has 122 valence electrons. The van der Waals surface area contributed by atoms with Crippen molar-refractivity contribution >= 4 is 0 Å². The first-order chi connectivity index (χ1) is 12.2. The summed E-state index contributed by atoms with van der Waals surface area (Å²) in [6.07, 6.45) is 0. The van der Waals surface area contributed by atoms with Crippen LogP contribution in [0.5, 0.6) is 0 Å².